The molecule has 0 radical (unpaired) electrons. The van der Waals surface area contributed by atoms with Gasteiger partial charge < -0.3 is 9.30 Å². The van der Waals surface area contributed by atoms with Gasteiger partial charge in [0.1, 0.15) is 0 Å². The molecule has 186 valence electrons. The second-order valence-electron chi connectivity index (χ2n) is 8.34. The predicted octanol–water partition coefficient (Wildman–Crippen LogP) is 6.64. The minimum absolute atomic E-state index is 0.00349. The van der Waals surface area contributed by atoms with Crippen molar-refractivity contribution in [3.63, 3.8) is 0 Å². The van der Waals surface area contributed by atoms with Gasteiger partial charge in [-0.05, 0) is 80.9 Å². The third-order valence-electron chi connectivity index (χ3n) is 6.08. The number of aryl methyl sites for hydroxylation is 1. The number of esters is 1. The van der Waals surface area contributed by atoms with Crippen molar-refractivity contribution in [1.82, 2.24) is 4.57 Å². The zero-order valence-electron chi connectivity index (χ0n) is 19.9. The number of halogens is 4. The molecule has 0 N–H and O–H groups in total. The number of alkyl halides is 3. The summed E-state index contributed by atoms with van der Waals surface area (Å²) >= 11 is 6.01. The Morgan fingerprint density at radius 1 is 1.00 bits per heavy atom. The zero-order valence-corrected chi connectivity index (χ0v) is 20.7. The minimum atomic E-state index is -4.58. The number of hydrogen-bond donors (Lipinski definition) is 0. The highest BCUT2D eigenvalue weighted by molar-refractivity contribution is 6.30. The van der Waals surface area contributed by atoms with Gasteiger partial charge in [0.2, 0.25) is 0 Å². The van der Waals surface area contributed by atoms with Gasteiger partial charge in [0.05, 0.1) is 23.8 Å². The number of aromatic nitrogens is 1. The molecule has 0 spiro atoms. The maximum absolute atomic E-state index is 13.5. The van der Waals surface area contributed by atoms with Gasteiger partial charge in [0.25, 0.3) is 5.91 Å². The molecule has 0 saturated heterocycles. The summed E-state index contributed by atoms with van der Waals surface area (Å²) in [5.74, 6) is -1.38. The van der Waals surface area contributed by atoms with Crippen LogP contribution in [0.25, 0.3) is 11.8 Å². The van der Waals surface area contributed by atoms with Crippen molar-refractivity contribution in [2.75, 3.05) is 12.0 Å². The van der Waals surface area contributed by atoms with Crippen LogP contribution >= 0.6 is 11.6 Å². The maximum atomic E-state index is 13.5. The smallest absolute Gasteiger partial charge is 0.416 e. The maximum Gasteiger partial charge on any atom is 0.416 e. The lowest BCUT2D eigenvalue weighted by Gasteiger charge is -2.19. The Labute approximate surface area is 211 Å². The Kier molecular flexibility index (Phi) is 6.58. The van der Waals surface area contributed by atoms with Gasteiger partial charge in [-0.2, -0.15) is 13.2 Å². The number of hydrogen-bond acceptors (Lipinski definition) is 3. The van der Waals surface area contributed by atoms with Crippen molar-refractivity contribution in [2.45, 2.75) is 26.9 Å². The van der Waals surface area contributed by atoms with Crippen molar-refractivity contribution in [3.8, 4) is 5.69 Å². The molecule has 2 aromatic carbocycles. The van der Waals surface area contributed by atoms with E-state index in [0.717, 1.165) is 34.1 Å². The first kappa shape index (κ1) is 25.3. The van der Waals surface area contributed by atoms with E-state index >= 15 is 0 Å². The Balaban J connectivity index is 1.84. The van der Waals surface area contributed by atoms with Gasteiger partial charge in [-0.3, -0.25) is 9.69 Å². The number of nitrogens with zero attached hydrogens (tertiary/aromatic N) is 2. The molecule has 5 nitrogen and oxygen atoms in total. The number of allylic oxidation sites excluding steroid dienone is 1. The van der Waals surface area contributed by atoms with E-state index in [1.807, 2.05) is 36.6 Å². The number of anilines is 1. The quantitative estimate of drug-likeness (QED) is 0.289. The summed E-state index contributed by atoms with van der Waals surface area (Å²) in [5, 5.41) is 0.595. The normalized spacial score (nSPS) is 15.3. The molecule has 1 amide bonds. The lowest BCUT2D eigenvalue weighted by Crippen LogP contribution is -2.25. The van der Waals surface area contributed by atoms with Gasteiger partial charge in [0, 0.05) is 33.5 Å². The van der Waals surface area contributed by atoms with Crippen LogP contribution in [0, 0.1) is 13.8 Å². The Bertz CT molecular complexity index is 1430. The molecule has 36 heavy (non-hydrogen) atoms. The summed E-state index contributed by atoms with van der Waals surface area (Å²) in [5.41, 5.74) is 2.53. The first-order chi connectivity index (χ1) is 16.9. The molecular formula is C27H22ClF3N2O3. The van der Waals surface area contributed by atoms with Crippen molar-refractivity contribution in [3.05, 3.63) is 99.0 Å². The fraction of sp³-hybridized carbons (Fsp3) is 0.185. The topological polar surface area (TPSA) is 51.5 Å². The molecule has 2 heterocycles. The highest BCUT2D eigenvalue weighted by Gasteiger charge is 2.39. The molecule has 0 saturated carbocycles. The van der Waals surface area contributed by atoms with Crippen molar-refractivity contribution >= 4 is 35.2 Å². The monoisotopic (exact) mass is 514 g/mol. The predicted molar refractivity (Wildman–Crippen MR) is 132 cm³/mol. The van der Waals surface area contributed by atoms with Crippen LogP contribution in [0.15, 0.2) is 71.4 Å². The van der Waals surface area contributed by atoms with Gasteiger partial charge in [-0.25, -0.2) is 4.79 Å². The molecule has 3 aromatic rings. The summed E-state index contributed by atoms with van der Waals surface area (Å²) in [6.07, 6.45) is -3.01. The van der Waals surface area contributed by atoms with E-state index in [0.29, 0.717) is 10.6 Å². The number of ether oxygens (including phenoxy) is 1. The van der Waals surface area contributed by atoms with Crippen LogP contribution in [0.1, 0.15) is 29.4 Å². The van der Waals surface area contributed by atoms with Crippen LogP contribution in [0.2, 0.25) is 5.02 Å². The fourth-order valence-electron chi connectivity index (χ4n) is 4.39. The number of carbonyl (C=O) groups is 2. The average Bonchev–Trinajstić information content (AvgIpc) is 3.24. The van der Waals surface area contributed by atoms with Crippen LogP contribution in [0.4, 0.5) is 18.9 Å². The van der Waals surface area contributed by atoms with Crippen LogP contribution in [0.3, 0.4) is 0 Å². The fourth-order valence-corrected chi connectivity index (χ4v) is 4.51. The molecule has 0 aliphatic carbocycles. The second-order valence-corrected chi connectivity index (χ2v) is 8.77. The minimum Gasteiger partial charge on any atom is -0.465 e. The zero-order chi connectivity index (χ0) is 26.4. The summed E-state index contributed by atoms with van der Waals surface area (Å²) in [6, 6.07) is 13.5. The molecule has 9 heteroatoms. The molecule has 1 aliphatic heterocycles. The lowest BCUT2D eigenvalue weighted by molar-refractivity contribution is -0.137. The molecule has 1 aliphatic rings. The van der Waals surface area contributed by atoms with Crippen molar-refractivity contribution in [1.29, 1.82) is 0 Å². The molecular weight excluding hydrogens is 493 g/mol. The van der Waals surface area contributed by atoms with Crippen molar-refractivity contribution in [2.24, 2.45) is 0 Å². The van der Waals surface area contributed by atoms with E-state index in [2.05, 4.69) is 0 Å². The van der Waals surface area contributed by atoms with E-state index < -0.39 is 23.6 Å². The third kappa shape index (κ3) is 4.44. The van der Waals surface area contributed by atoms with Gasteiger partial charge in [-0.1, -0.05) is 17.7 Å². The molecule has 0 fully saturated rings. The molecule has 0 bridgehead atoms. The molecule has 0 atom stereocenters. The first-order valence-electron chi connectivity index (χ1n) is 10.9. The van der Waals surface area contributed by atoms with Crippen molar-refractivity contribution < 1.29 is 27.5 Å². The Morgan fingerprint density at radius 2 is 1.67 bits per heavy atom. The Morgan fingerprint density at radius 3 is 2.28 bits per heavy atom. The van der Waals surface area contributed by atoms with Crippen LogP contribution in [-0.2, 0) is 20.5 Å². The molecule has 1 aromatic heterocycles. The molecule has 0 unspecified atom stereocenters. The van der Waals surface area contributed by atoms with E-state index in [9.17, 15) is 22.8 Å². The van der Waals surface area contributed by atoms with Gasteiger partial charge in [-0.15, -0.1) is 0 Å². The van der Waals surface area contributed by atoms with E-state index in [4.69, 9.17) is 16.3 Å². The largest absolute Gasteiger partial charge is 0.465 e. The number of methoxy groups -OCH3 is 1. The standard InChI is InChI=1S/C27H22ClF3N2O3/c1-15-12-18(16(2)32(15)21-10-8-20(28)9-11-21)13-23-24(26(35)36-4)17(3)33(25(23)34)22-7-5-6-19(14-22)27(29,30)31/h5-14H,1-4H3/b23-13-. The number of amides is 1. The lowest BCUT2D eigenvalue weighted by atomic mass is 10.0. The number of rotatable bonds is 4. The van der Waals surface area contributed by atoms with E-state index in [-0.39, 0.29) is 22.5 Å². The number of carbonyl (C=O) groups excluding carboxylic acids is 2. The van der Waals surface area contributed by atoms with Crippen LogP contribution < -0.4 is 4.90 Å². The van der Waals surface area contributed by atoms with E-state index in [1.165, 1.54) is 26.2 Å². The average molecular weight is 515 g/mol. The van der Waals surface area contributed by atoms with Crippen LogP contribution in [-0.4, -0.2) is 23.6 Å². The van der Waals surface area contributed by atoms with Gasteiger partial charge in [0.15, 0.2) is 0 Å². The number of benzene rings is 2. The van der Waals surface area contributed by atoms with Gasteiger partial charge >= 0.3 is 12.1 Å². The van der Waals surface area contributed by atoms with E-state index in [1.54, 1.807) is 18.2 Å². The highest BCUT2D eigenvalue weighted by Crippen LogP contribution is 2.38. The summed E-state index contributed by atoms with van der Waals surface area (Å²) in [6.45, 7) is 5.27. The summed E-state index contributed by atoms with van der Waals surface area (Å²) < 4.78 is 46.8. The summed E-state index contributed by atoms with van der Waals surface area (Å²) in [4.78, 5) is 27.3. The van der Waals surface area contributed by atoms with Crippen LogP contribution in [0.5, 0.6) is 0 Å². The highest BCUT2D eigenvalue weighted by atomic mass is 35.5. The second kappa shape index (κ2) is 9.35. The first-order valence-corrected chi connectivity index (χ1v) is 11.3. The Hall–Kier alpha value is -3.78. The summed E-state index contributed by atoms with van der Waals surface area (Å²) in [7, 11) is 1.18. The molecule has 4 rings (SSSR count). The third-order valence-corrected chi connectivity index (χ3v) is 6.33. The SMILES string of the molecule is COC(=O)C1=C(C)N(c2cccc(C(F)(F)F)c2)C(=O)/C1=C\c1cc(C)n(-c2ccc(Cl)cc2)c1C.